The van der Waals surface area contributed by atoms with E-state index in [1.807, 2.05) is 18.2 Å². The van der Waals surface area contributed by atoms with Crippen molar-refractivity contribution in [2.45, 2.75) is 37.7 Å². The molecule has 0 fully saturated rings. The molecule has 3 heteroatoms. The smallest absolute Gasteiger partial charge is 0.0796 e. The molecule has 3 rings (SSSR count). The second-order valence-corrected chi connectivity index (χ2v) is 7.42. The van der Waals surface area contributed by atoms with Crippen LogP contribution in [0.2, 0.25) is 0 Å². The number of rotatable bonds is 3. The Balaban J connectivity index is 1.79. The minimum absolute atomic E-state index is 0.412. The van der Waals surface area contributed by atoms with Gasteiger partial charge in [0.2, 0.25) is 0 Å². The van der Waals surface area contributed by atoms with E-state index >= 15 is 0 Å². The van der Waals surface area contributed by atoms with E-state index in [2.05, 4.69) is 56.1 Å². The largest absolute Gasteiger partial charge is 0.388 e. The van der Waals surface area contributed by atoms with Crippen LogP contribution >= 0.6 is 31.9 Å². The molecule has 1 aliphatic rings. The Hall–Kier alpha value is -0.640. The predicted molar refractivity (Wildman–Crippen MR) is 93.5 cm³/mol. The highest BCUT2D eigenvalue weighted by Crippen LogP contribution is 2.38. The van der Waals surface area contributed by atoms with Crippen molar-refractivity contribution in [3.63, 3.8) is 0 Å². The van der Waals surface area contributed by atoms with E-state index in [4.69, 9.17) is 0 Å². The van der Waals surface area contributed by atoms with E-state index in [-0.39, 0.29) is 0 Å². The minimum atomic E-state index is -0.412. The monoisotopic (exact) mass is 408 g/mol. The second kappa shape index (κ2) is 6.64. The SMILES string of the molecule is OC(CC1CCCc2ccccc21)c1ccc(Br)c(Br)c1. The lowest BCUT2D eigenvalue weighted by atomic mass is 9.79. The number of aliphatic hydroxyl groups is 1. The van der Waals surface area contributed by atoms with Gasteiger partial charge in [-0.3, -0.25) is 0 Å². The van der Waals surface area contributed by atoms with Crippen LogP contribution in [0.15, 0.2) is 51.4 Å². The van der Waals surface area contributed by atoms with Crippen LogP contribution in [0.4, 0.5) is 0 Å². The normalized spacial score (nSPS) is 19.1. The quantitative estimate of drug-likeness (QED) is 0.683. The highest BCUT2D eigenvalue weighted by atomic mass is 79.9. The van der Waals surface area contributed by atoms with Gasteiger partial charge in [-0.1, -0.05) is 30.3 Å². The van der Waals surface area contributed by atoms with Gasteiger partial charge in [-0.25, -0.2) is 0 Å². The fourth-order valence-electron chi connectivity index (χ4n) is 3.22. The third-order valence-corrected chi connectivity index (χ3v) is 6.21. The molecule has 2 atom stereocenters. The highest BCUT2D eigenvalue weighted by Gasteiger charge is 2.23. The number of aryl methyl sites for hydroxylation is 1. The molecule has 0 bridgehead atoms. The van der Waals surface area contributed by atoms with Crippen LogP contribution < -0.4 is 0 Å². The Bertz CT molecular complexity index is 639. The Morgan fingerprint density at radius 2 is 1.90 bits per heavy atom. The van der Waals surface area contributed by atoms with Crippen LogP contribution in [0.1, 0.15) is 48.0 Å². The van der Waals surface area contributed by atoms with Crippen LogP contribution in [0, 0.1) is 0 Å². The fourth-order valence-corrected chi connectivity index (χ4v) is 3.87. The molecule has 0 aromatic heterocycles. The van der Waals surface area contributed by atoms with E-state index in [1.54, 1.807) is 0 Å². The zero-order valence-electron chi connectivity index (χ0n) is 11.7. The lowest BCUT2D eigenvalue weighted by molar-refractivity contribution is 0.154. The predicted octanol–water partition coefficient (Wildman–Crippen LogP) is 5.76. The van der Waals surface area contributed by atoms with Gasteiger partial charge in [0.15, 0.2) is 0 Å². The van der Waals surface area contributed by atoms with Crippen molar-refractivity contribution in [3.8, 4) is 0 Å². The molecule has 2 aromatic rings. The molecule has 2 aromatic carbocycles. The summed E-state index contributed by atoms with van der Waals surface area (Å²) >= 11 is 6.98. The maximum absolute atomic E-state index is 10.6. The van der Waals surface area contributed by atoms with Gasteiger partial charge in [-0.05, 0) is 92.3 Å². The molecule has 1 nitrogen and oxygen atoms in total. The molecule has 110 valence electrons. The summed E-state index contributed by atoms with van der Waals surface area (Å²) in [6.45, 7) is 0. The van der Waals surface area contributed by atoms with Crippen LogP contribution in [-0.2, 0) is 6.42 Å². The van der Waals surface area contributed by atoms with Gasteiger partial charge in [0.05, 0.1) is 6.10 Å². The van der Waals surface area contributed by atoms with E-state index in [9.17, 15) is 5.11 Å². The number of fused-ring (bicyclic) bond motifs is 1. The maximum atomic E-state index is 10.6. The molecule has 2 unspecified atom stereocenters. The summed E-state index contributed by atoms with van der Waals surface area (Å²) in [5, 5.41) is 10.6. The fraction of sp³-hybridized carbons (Fsp3) is 0.333. The van der Waals surface area contributed by atoms with Gasteiger partial charge in [-0.15, -0.1) is 0 Å². The maximum Gasteiger partial charge on any atom is 0.0796 e. The summed E-state index contributed by atoms with van der Waals surface area (Å²) in [7, 11) is 0. The van der Waals surface area contributed by atoms with E-state index in [0.717, 1.165) is 20.9 Å². The first-order chi connectivity index (χ1) is 10.1. The van der Waals surface area contributed by atoms with Crippen molar-refractivity contribution in [2.75, 3.05) is 0 Å². The Morgan fingerprint density at radius 3 is 2.71 bits per heavy atom. The van der Waals surface area contributed by atoms with Gasteiger partial charge < -0.3 is 5.11 Å². The molecule has 21 heavy (non-hydrogen) atoms. The first-order valence-electron chi connectivity index (χ1n) is 7.36. The summed E-state index contributed by atoms with van der Waals surface area (Å²) in [6, 6.07) is 14.7. The standard InChI is InChI=1S/C18H18Br2O/c19-16-9-8-14(10-17(16)20)18(21)11-13-6-3-5-12-4-1-2-7-15(12)13/h1-2,4,7-10,13,18,21H,3,5-6,11H2. The minimum Gasteiger partial charge on any atom is -0.388 e. The van der Waals surface area contributed by atoms with Gasteiger partial charge >= 0.3 is 0 Å². The molecule has 0 radical (unpaired) electrons. The third-order valence-electron chi connectivity index (χ3n) is 4.33. The Labute approximate surface area is 142 Å². The average Bonchev–Trinajstić information content (AvgIpc) is 2.50. The van der Waals surface area contributed by atoms with E-state index < -0.39 is 6.10 Å². The van der Waals surface area contributed by atoms with E-state index in [0.29, 0.717) is 5.92 Å². The summed E-state index contributed by atoms with van der Waals surface area (Å²) in [5.41, 5.74) is 3.87. The van der Waals surface area contributed by atoms with Crippen LogP contribution in [0.3, 0.4) is 0 Å². The molecule has 0 amide bonds. The molecule has 0 spiro atoms. The van der Waals surface area contributed by atoms with Gasteiger partial charge in [0, 0.05) is 8.95 Å². The average molecular weight is 410 g/mol. The van der Waals surface area contributed by atoms with Crippen LogP contribution in [-0.4, -0.2) is 5.11 Å². The topological polar surface area (TPSA) is 20.2 Å². The molecule has 0 aliphatic heterocycles. The number of hydrogen-bond donors (Lipinski definition) is 1. The highest BCUT2D eigenvalue weighted by molar-refractivity contribution is 9.13. The number of aliphatic hydroxyl groups excluding tert-OH is 1. The third kappa shape index (κ3) is 3.41. The molecule has 0 saturated carbocycles. The Kier molecular flexibility index (Phi) is 4.82. The molecule has 1 N–H and O–H groups in total. The number of halogens is 2. The number of hydrogen-bond acceptors (Lipinski definition) is 1. The lowest BCUT2D eigenvalue weighted by Crippen LogP contribution is -2.13. The molecular weight excluding hydrogens is 392 g/mol. The van der Waals surface area contributed by atoms with Crippen molar-refractivity contribution < 1.29 is 5.11 Å². The van der Waals surface area contributed by atoms with Gasteiger partial charge in [-0.2, -0.15) is 0 Å². The summed E-state index contributed by atoms with van der Waals surface area (Å²) in [6.07, 6.45) is 3.95. The zero-order valence-corrected chi connectivity index (χ0v) is 14.9. The number of benzene rings is 2. The van der Waals surface area contributed by atoms with Crippen molar-refractivity contribution in [1.29, 1.82) is 0 Å². The first kappa shape index (κ1) is 15.3. The van der Waals surface area contributed by atoms with Crippen molar-refractivity contribution >= 4 is 31.9 Å². The molecular formula is C18H18Br2O. The van der Waals surface area contributed by atoms with Gasteiger partial charge in [0.25, 0.3) is 0 Å². The van der Waals surface area contributed by atoms with Crippen molar-refractivity contribution in [2.24, 2.45) is 0 Å². The molecule has 0 heterocycles. The van der Waals surface area contributed by atoms with Crippen molar-refractivity contribution in [3.05, 3.63) is 68.1 Å². The van der Waals surface area contributed by atoms with Crippen LogP contribution in [0.5, 0.6) is 0 Å². The van der Waals surface area contributed by atoms with Crippen molar-refractivity contribution in [1.82, 2.24) is 0 Å². The lowest BCUT2D eigenvalue weighted by Gasteiger charge is -2.27. The second-order valence-electron chi connectivity index (χ2n) is 5.71. The Morgan fingerprint density at radius 1 is 1.10 bits per heavy atom. The molecule has 0 saturated heterocycles. The zero-order chi connectivity index (χ0) is 14.8. The van der Waals surface area contributed by atoms with Crippen LogP contribution in [0.25, 0.3) is 0 Å². The molecule has 1 aliphatic carbocycles. The summed E-state index contributed by atoms with van der Waals surface area (Å²) in [4.78, 5) is 0. The summed E-state index contributed by atoms with van der Waals surface area (Å²) in [5.74, 6) is 0.465. The van der Waals surface area contributed by atoms with Gasteiger partial charge in [0.1, 0.15) is 0 Å². The first-order valence-corrected chi connectivity index (χ1v) is 8.94. The van der Waals surface area contributed by atoms with E-state index in [1.165, 1.54) is 30.4 Å². The summed E-state index contributed by atoms with van der Waals surface area (Å²) < 4.78 is 2.00.